The summed E-state index contributed by atoms with van der Waals surface area (Å²) in [6.45, 7) is 0. The van der Waals surface area contributed by atoms with Gasteiger partial charge >= 0.3 is 40.1 Å². The van der Waals surface area contributed by atoms with Crippen LogP contribution in [0.15, 0.2) is 0 Å². The molecular weight excluding hydrogens is 395 g/mol. The van der Waals surface area contributed by atoms with Gasteiger partial charge in [0.2, 0.25) is 0 Å². The van der Waals surface area contributed by atoms with Gasteiger partial charge < -0.3 is 4.55 Å². The molecule has 21 heavy (non-hydrogen) atoms. The molecule has 1 unspecified atom stereocenters. The molecule has 0 aromatic carbocycles. The molecule has 0 saturated carbocycles. The van der Waals surface area contributed by atoms with Crippen LogP contribution in [-0.2, 0) is 30.9 Å². The molecule has 5 nitrogen and oxygen atoms in total. The minimum atomic E-state index is -7.59. The van der Waals surface area contributed by atoms with Gasteiger partial charge in [-0.1, -0.05) is 0 Å². The van der Waals surface area contributed by atoms with Gasteiger partial charge in [0.1, 0.15) is 0 Å². The molecule has 0 aromatic heterocycles. The fourth-order valence-electron chi connectivity index (χ4n) is 0.724. The van der Waals surface area contributed by atoms with E-state index in [1.807, 2.05) is 0 Å². The second kappa shape index (κ2) is 5.34. The zero-order chi connectivity index (χ0) is 17.7. The van der Waals surface area contributed by atoms with Crippen LogP contribution < -0.4 is 0 Å². The van der Waals surface area contributed by atoms with Crippen LogP contribution in [0.25, 0.3) is 0 Å². The Morgan fingerprint density at radius 2 is 0.952 bits per heavy atom. The van der Waals surface area contributed by atoms with Crippen LogP contribution in [0.1, 0.15) is 0 Å². The Morgan fingerprint density at radius 1 is 0.714 bits per heavy atom. The Bertz CT molecular complexity index is 536. The molecule has 128 valence electrons. The molecule has 0 bridgehead atoms. The summed E-state index contributed by atoms with van der Waals surface area (Å²) in [5, 5.41) is 0. The second-order valence-electron chi connectivity index (χ2n) is 3.01. The number of hydrogen-bond acceptors (Lipinski definition) is 5. The molecule has 17 heteroatoms. The quantitative estimate of drug-likeness (QED) is 0.532. The first-order valence-electron chi connectivity index (χ1n) is 3.85. The first-order chi connectivity index (χ1) is 8.78. The highest BCUT2D eigenvalue weighted by molar-refractivity contribution is 8.24. The summed E-state index contributed by atoms with van der Waals surface area (Å²) >= 11 is -5.52. The number of halogens is 9. The highest BCUT2D eigenvalue weighted by atomic mass is 32.3. The van der Waals surface area contributed by atoms with Gasteiger partial charge in [0.25, 0.3) is 0 Å². The molecule has 0 aliphatic heterocycles. The summed E-state index contributed by atoms with van der Waals surface area (Å²) in [6, 6.07) is 0. The van der Waals surface area contributed by atoms with Crippen molar-refractivity contribution < 1.29 is 60.9 Å². The van der Waals surface area contributed by atoms with Crippen molar-refractivity contribution in [3.8, 4) is 0 Å². The van der Waals surface area contributed by atoms with E-state index in [1.165, 1.54) is 0 Å². The third-order valence-corrected chi connectivity index (χ3v) is 8.75. The molecule has 1 atom stereocenters. The van der Waals surface area contributed by atoms with Gasteiger partial charge in [0.15, 0.2) is 0 Å². The monoisotopic (exact) mass is 396 g/mol. The zero-order valence-electron chi connectivity index (χ0n) is 8.75. The fraction of sp³-hybridized carbons (Fsp3) is 1.00. The average Bonchev–Trinajstić information content (AvgIpc) is 2.11. The lowest BCUT2D eigenvalue weighted by Crippen LogP contribution is -2.52. The number of hydrogen-bond donors (Lipinski definition) is 0. The summed E-state index contributed by atoms with van der Waals surface area (Å²) in [4.78, 5) is 0. The minimum Gasteiger partial charge on any atom is -0.607 e. The lowest BCUT2D eigenvalue weighted by molar-refractivity contribution is -0.0489. The zero-order valence-corrected chi connectivity index (χ0v) is 11.2. The first kappa shape index (κ1) is 20.6. The first-order valence-corrected chi connectivity index (χ1v) is 8.16. The Morgan fingerprint density at radius 3 is 1.10 bits per heavy atom. The number of sulfone groups is 2. The van der Waals surface area contributed by atoms with Crippen LogP contribution >= 0.6 is 0 Å². The van der Waals surface area contributed by atoms with E-state index in [0.29, 0.717) is 0 Å². The molecule has 0 aliphatic rings. The van der Waals surface area contributed by atoms with Crippen LogP contribution in [0, 0.1) is 0 Å². The molecule has 0 aromatic rings. The Labute approximate surface area is 113 Å². The Balaban J connectivity index is 6.51. The maximum absolute atomic E-state index is 12.0. The van der Waals surface area contributed by atoms with Crippen molar-refractivity contribution in [3.05, 3.63) is 0 Å². The van der Waals surface area contributed by atoms with Gasteiger partial charge in [-0.05, 0) is 0 Å². The van der Waals surface area contributed by atoms with E-state index in [0.717, 1.165) is 0 Å². The summed E-state index contributed by atoms with van der Waals surface area (Å²) in [5.41, 5.74) is -20.1. The van der Waals surface area contributed by atoms with E-state index >= 15 is 0 Å². The van der Waals surface area contributed by atoms with Crippen molar-refractivity contribution in [1.82, 2.24) is 0 Å². The van der Waals surface area contributed by atoms with Crippen molar-refractivity contribution in [1.29, 1.82) is 0 Å². The summed E-state index contributed by atoms with van der Waals surface area (Å²) in [7, 11) is -15.2. The maximum Gasteiger partial charge on any atom is 0.574 e. The molecule has 0 N–H and O–H groups in total. The third-order valence-electron chi connectivity index (χ3n) is 1.55. The van der Waals surface area contributed by atoms with Crippen LogP contribution in [-0.4, -0.2) is 41.8 Å². The molecule has 0 spiro atoms. The fourth-order valence-corrected chi connectivity index (χ4v) is 6.52. The molecule has 0 rings (SSSR count). The smallest absolute Gasteiger partial charge is 0.574 e. The van der Waals surface area contributed by atoms with Crippen LogP contribution in [0.5, 0.6) is 0 Å². The summed E-state index contributed by atoms with van der Waals surface area (Å²) in [5.74, 6) is 0. The molecule has 0 radical (unpaired) electrons. The van der Waals surface area contributed by atoms with Crippen molar-refractivity contribution in [3.63, 3.8) is 0 Å². The number of alkyl halides is 9. The standard InChI is InChI=1S/C4HF9O5S3/c5-2(6,7)19(14)1(20(15,16)3(8,9)10)21(17,18)4(11,12)13/h1H. The number of rotatable bonds is 3. The predicted molar refractivity (Wildman–Crippen MR) is 47.9 cm³/mol. The topological polar surface area (TPSA) is 91.3 Å². The second-order valence-corrected chi connectivity index (χ2v) is 9.49. The van der Waals surface area contributed by atoms with Crippen molar-refractivity contribution in [2.45, 2.75) is 20.4 Å². The summed E-state index contributed by atoms with van der Waals surface area (Å²) in [6.07, 6.45) is 0. The molecule has 0 heterocycles. The minimum absolute atomic E-state index is 5.30. The highest BCUT2D eigenvalue weighted by Crippen LogP contribution is 2.42. The van der Waals surface area contributed by atoms with Gasteiger partial charge in [0, 0.05) is 0 Å². The largest absolute Gasteiger partial charge is 0.607 e. The molecule has 0 aliphatic carbocycles. The van der Waals surface area contributed by atoms with E-state index in [1.54, 1.807) is 0 Å². The van der Waals surface area contributed by atoms with Crippen LogP contribution in [0.4, 0.5) is 39.5 Å². The summed E-state index contributed by atoms with van der Waals surface area (Å²) < 4.78 is 156. The average molecular weight is 396 g/mol. The van der Waals surface area contributed by atoms with Crippen LogP contribution in [0.2, 0.25) is 0 Å². The highest BCUT2D eigenvalue weighted by Gasteiger charge is 2.73. The van der Waals surface area contributed by atoms with E-state index in [9.17, 15) is 60.9 Å². The van der Waals surface area contributed by atoms with Gasteiger partial charge in [0.05, 0.1) is 11.2 Å². The van der Waals surface area contributed by atoms with Crippen molar-refractivity contribution >= 4 is 30.9 Å². The lowest BCUT2D eigenvalue weighted by Gasteiger charge is -2.23. The van der Waals surface area contributed by atoms with Gasteiger partial charge in [-0.2, -0.15) is 26.3 Å². The van der Waals surface area contributed by atoms with Crippen LogP contribution in [0.3, 0.4) is 0 Å². The molecular formula is C4HF9O5S3. The molecule has 0 amide bonds. The normalized spacial score (nSPS) is 17.1. The van der Waals surface area contributed by atoms with Gasteiger partial charge in [-0.15, -0.1) is 13.2 Å². The molecule has 0 saturated heterocycles. The lowest BCUT2D eigenvalue weighted by atomic mass is 11.5. The van der Waals surface area contributed by atoms with Gasteiger partial charge in [-0.25, -0.2) is 16.8 Å². The Kier molecular flexibility index (Phi) is 5.23. The maximum atomic E-state index is 12.0. The van der Waals surface area contributed by atoms with E-state index in [4.69, 9.17) is 0 Å². The third kappa shape index (κ3) is 3.86. The van der Waals surface area contributed by atoms with E-state index in [-0.39, 0.29) is 0 Å². The molecule has 0 fully saturated rings. The van der Waals surface area contributed by atoms with Crippen molar-refractivity contribution in [2.75, 3.05) is 0 Å². The van der Waals surface area contributed by atoms with E-state index < -0.39 is 51.3 Å². The predicted octanol–water partition coefficient (Wildman–Crippen LogP) is 1.41. The van der Waals surface area contributed by atoms with Crippen molar-refractivity contribution in [2.24, 2.45) is 0 Å². The SMILES string of the molecule is O=S(=O)(C([S+]([O-])C(F)(F)F)S(=O)(=O)C(F)(F)F)C(F)(F)F. The van der Waals surface area contributed by atoms with E-state index in [2.05, 4.69) is 0 Å². The van der Waals surface area contributed by atoms with Gasteiger partial charge in [-0.3, -0.25) is 0 Å². The Hall–Kier alpha value is -0.420.